The van der Waals surface area contributed by atoms with Crippen LogP contribution in [-0.4, -0.2) is 39.4 Å². The molecular weight excluding hydrogens is 280 g/mol. The minimum absolute atomic E-state index is 0.0451. The Hall–Kier alpha value is -1.80. The number of nitrogen functional groups attached to an aromatic ring is 1. The number of hydrogen-bond donors (Lipinski definition) is 3. The van der Waals surface area contributed by atoms with Gasteiger partial charge < -0.3 is 16.0 Å². The topological polar surface area (TPSA) is 119 Å². The van der Waals surface area contributed by atoms with Crippen LogP contribution in [0.1, 0.15) is 12.5 Å². The van der Waals surface area contributed by atoms with Crippen molar-refractivity contribution in [3.8, 4) is 0 Å². The minimum Gasteiger partial charge on any atom is -0.399 e. The number of nitrogens with zero attached hydrogens (tertiary/aromatic N) is 1. The van der Waals surface area contributed by atoms with Gasteiger partial charge in [-0.2, -0.15) is 0 Å². The molecule has 0 saturated carbocycles. The molecule has 0 spiro atoms. The number of hydrogen-bond acceptors (Lipinski definition) is 5. The van der Waals surface area contributed by atoms with Gasteiger partial charge in [-0.15, -0.1) is 0 Å². The molecule has 1 aromatic carbocycles. The average molecular weight is 300 g/mol. The molecule has 0 bridgehead atoms. The number of likely N-dealkylation sites (N-methyl/N-ethyl adjacent to an activating group) is 1. The summed E-state index contributed by atoms with van der Waals surface area (Å²) in [6, 6.07) is 2.87. The summed E-state index contributed by atoms with van der Waals surface area (Å²) in [4.78, 5) is 13.2. The third kappa shape index (κ3) is 3.84. The first-order valence-electron chi connectivity index (χ1n) is 6.07. The number of carbonyl (C=O) groups excluding carboxylic acids is 1. The quantitative estimate of drug-likeness (QED) is 0.667. The van der Waals surface area contributed by atoms with E-state index in [1.165, 1.54) is 6.07 Å². The maximum atomic E-state index is 11.7. The van der Waals surface area contributed by atoms with E-state index < -0.39 is 10.0 Å². The van der Waals surface area contributed by atoms with Crippen molar-refractivity contribution < 1.29 is 13.2 Å². The fourth-order valence-electron chi connectivity index (χ4n) is 1.67. The molecule has 0 saturated heterocycles. The third-order valence-electron chi connectivity index (χ3n) is 3.02. The predicted octanol–water partition coefficient (Wildman–Crippen LogP) is 0.115. The molecule has 1 rings (SSSR count). The van der Waals surface area contributed by atoms with Crippen LogP contribution in [0.4, 0.5) is 11.4 Å². The number of primary sulfonamides is 1. The highest BCUT2D eigenvalue weighted by molar-refractivity contribution is 7.89. The van der Waals surface area contributed by atoms with Crippen LogP contribution in [0.15, 0.2) is 17.0 Å². The molecular formula is C12H20N4O3S. The van der Waals surface area contributed by atoms with Crippen LogP contribution in [-0.2, 0) is 14.8 Å². The Kier molecular flexibility index (Phi) is 4.96. The molecule has 112 valence electrons. The highest BCUT2D eigenvalue weighted by Crippen LogP contribution is 2.25. The monoisotopic (exact) mass is 300 g/mol. The van der Waals surface area contributed by atoms with Gasteiger partial charge in [0.15, 0.2) is 0 Å². The summed E-state index contributed by atoms with van der Waals surface area (Å²) >= 11 is 0. The van der Waals surface area contributed by atoms with Gasteiger partial charge in [-0.3, -0.25) is 4.79 Å². The molecule has 0 heterocycles. The Morgan fingerprint density at radius 2 is 2.00 bits per heavy atom. The highest BCUT2D eigenvalue weighted by atomic mass is 32.2. The molecule has 0 aromatic heterocycles. The maximum absolute atomic E-state index is 11.7. The fraction of sp³-hybridized carbons (Fsp3) is 0.417. The van der Waals surface area contributed by atoms with Crippen molar-refractivity contribution in [1.29, 1.82) is 0 Å². The second-order valence-corrected chi connectivity index (χ2v) is 6.03. The SMILES string of the molecule is CCN(C)C(=O)CNc1cc(N)cc(S(N)(=O)=O)c1C. The smallest absolute Gasteiger partial charge is 0.241 e. The van der Waals surface area contributed by atoms with Gasteiger partial charge in [-0.1, -0.05) is 0 Å². The van der Waals surface area contributed by atoms with Gasteiger partial charge in [0.2, 0.25) is 15.9 Å². The number of carbonyl (C=O) groups is 1. The van der Waals surface area contributed by atoms with Crippen LogP contribution in [0.5, 0.6) is 0 Å². The summed E-state index contributed by atoms with van der Waals surface area (Å²) in [6.45, 7) is 4.12. The zero-order valence-corrected chi connectivity index (χ0v) is 12.6. The Labute approximate surface area is 119 Å². The molecule has 0 unspecified atom stereocenters. The zero-order valence-electron chi connectivity index (χ0n) is 11.8. The first-order chi connectivity index (χ1) is 9.16. The maximum Gasteiger partial charge on any atom is 0.241 e. The van der Waals surface area contributed by atoms with Crippen LogP contribution < -0.4 is 16.2 Å². The molecule has 0 aliphatic rings. The number of amides is 1. The summed E-state index contributed by atoms with van der Waals surface area (Å²) in [6.07, 6.45) is 0. The van der Waals surface area contributed by atoms with Crippen molar-refractivity contribution in [1.82, 2.24) is 4.90 Å². The second kappa shape index (κ2) is 6.10. The number of sulfonamides is 1. The lowest BCUT2D eigenvalue weighted by molar-refractivity contribution is -0.127. The number of nitrogens with one attached hydrogen (secondary N) is 1. The Morgan fingerprint density at radius 1 is 1.40 bits per heavy atom. The van der Waals surface area contributed by atoms with E-state index in [0.29, 0.717) is 17.8 Å². The summed E-state index contributed by atoms with van der Waals surface area (Å²) in [5.74, 6) is -0.105. The van der Waals surface area contributed by atoms with Crippen LogP contribution >= 0.6 is 0 Å². The van der Waals surface area contributed by atoms with Gasteiger partial charge in [-0.25, -0.2) is 13.6 Å². The largest absolute Gasteiger partial charge is 0.399 e. The average Bonchev–Trinajstić information content (AvgIpc) is 2.36. The van der Waals surface area contributed by atoms with Crippen LogP contribution in [0.2, 0.25) is 0 Å². The molecule has 1 aromatic rings. The Bertz CT molecular complexity index is 613. The van der Waals surface area contributed by atoms with Crippen molar-refractivity contribution in [2.75, 3.05) is 31.2 Å². The minimum atomic E-state index is -3.85. The zero-order chi connectivity index (χ0) is 15.5. The molecule has 20 heavy (non-hydrogen) atoms. The first kappa shape index (κ1) is 16.3. The van der Waals surface area contributed by atoms with Crippen LogP contribution in [0.3, 0.4) is 0 Å². The van der Waals surface area contributed by atoms with E-state index in [9.17, 15) is 13.2 Å². The van der Waals surface area contributed by atoms with Crippen LogP contribution in [0.25, 0.3) is 0 Å². The van der Waals surface area contributed by atoms with Gasteiger partial charge in [0.25, 0.3) is 0 Å². The van der Waals surface area contributed by atoms with Gasteiger partial charge >= 0.3 is 0 Å². The molecule has 0 aliphatic heterocycles. The summed E-state index contributed by atoms with van der Waals surface area (Å²) in [5.41, 5.74) is 6.84. The van der Waals surface area contributed by atoms with E-state index in [1.54, 1.807) is 24.9 Å². The number of benzene rings is 1. The number of rotatable bonds is 5. The standard InChI is InChI=1S/C12H20N4O3S/c1-4-16(3)12(17)7-15-10-5-9(13)6-11(8(10)2)20(14,18)19/h5-6,15H,4,7,13H2,1-3H3,(H2,14,18,19). The lowest BCUT2D eigenvalue weighted by Crippen LogP contribution is -2.32. The van der Waals surface area contributed by atoms with Gasteiger partial charge in [0, 0.05) is 25.0 Å². The Balaban J connectivity index is 3.03. The summed E-state index contributed by atoms with van der Waals surface area (Å²) < 4.78 is 22.9. The molecule has 0 fully saturated rings. The number of nitrogens with two attached hydrogens (primary N) is 2. The highest BCUT2D eigenvalue weighted by Gasteiger charge is 2.16. The van der Waals surface area contributed by atoms with E-state index in [1.807, 2.05) is 6.92 Å². The van der Waals surface area contributed by atoms with Crippen LogP contribution in [0, 0.1) is 6.92 Å². The fourth-order valence-corrected chi connectivity index (χ4v) is 2.51. The first-order valence-corrected chi connectivity index (χ1v) is 7.62. The summed E-state index contributed by atoms with van der Waals surface area (Å²) in [5, 5.41) is 8.02. The molecule has 7 nitrogen and oxygen atoms in total. The van der Waals surface area contributed by atoms with Crippen molar-refractivity contribution in [3.05, 3.63) is 17.7 Å². The molecule has 0 atom stereocenters. The lowest BCUT2D eigenvalue weighted by Gasteiger charge is -2.17. The van der Waals surface area contributed by atoms with E-state index in [2.05, 4.69) is 5.32 Å². The Morgan fingerprint density at radius 3 is 2.50 bits per heavy atom. The van der Waals surface area contributed by atoms with Crippen molar-refractivity contribution in [3.63, 3.8) is 0 Å². The van der Waals surface area contributed by atoms with Crippen molar-refractivity contribution in [2.45, 2.75) is 18.7 Å². The van der Waals surface area contributed by atoms with E-state index in [-0.39, 0.29) is 23.0 Å². The molecule has 1 amide bonds. The van der Waals surface area contributed by atoms with E-state index in [4.69, 9.17) is 10.9 Å². The second-order valence-electron chi connectivity index (χ2n) is 4.50. The molecule has 5 N–H and O–H groups in total. The van der Waals surface area contributed by atoms with Gasteiger partial charge in [0.1, 0.15) is 0 Å². The molecule has 8 heteroatoms. The van der Waals surface area contributed by atoms with Gasteiger partial charge in [0.05, 0.1) is 11.4 Å². The van der Waals surface area contributed by atoms with Gasteiger partial charge in [-0.05, 0) is 31.5 Å². The van der Waals surface area contributed by atoms with Crippen molar-refractivity contribution >= 4 is 27.3 Å². The number of anilines is 2. The van der Waals surface area contributed by atoms with Crippen molar-refractivity contribution in [2.24, 2.45) is 5.14 Å². The van der Waals surface area contributed by atoms with E-state index in [0.717, 1.165) is 0 Å². The third-order valence-corrected chi connectivity index (χ3v) is 4.06. The predicted molar refractivity (Wildman–Crippen MR) is 78.8 cm³/mol. The lowest BCUT2D eigenvalue weighted by atomic mass is 10.2. The van der Waals surface area contributed by atoms with E-state index >= 15 is 0 Å². The molecule has 0 aliphatic carbocycles. The molecule has 0 radical (unpaired) electrons. The summed E-state index contributed by atoms with van der Waals surface area (Å²) in [7, 11) is -2.17. The normalized spacial score (nSPS) is 11.2.